The molecule has 0 fully saturated rings. The number of aryl methyl sites for hydroxylation is 2. The molecular formula is C26H26F4N2O. The van der Waals surface area contributed by atoms with E-state index in [9.17, 15) is 22.4 Å². The maximum atomic E-state index is 13.9. The van der Waals surface area contributed by atoms with Gasteiger partial charge in [-0.05, 0) is 60.2 Å². The van der Waals surface area contributed by atoms with Gasteiger partial charge in [-0.1, -0.05) is 54.6 Å². The average molecular weight is 458 g/mol. The predicted molar refractivity (Wildman–Crippen MR) is 120 cm³/mol. The van der Waals surface area contributed by atoms with Crippen molar-refractivity contribution in [1.29, 1.82) is 0 Å². The number of hydrogen-bond acceptors (Lipinski definition) is 2. The van der Waals surface area contributed by atoms with Crippen LogP contribution in [0.4, 0.5) is 17.6 Å². The van der Waals surface area contributed by atoms with Gasteiger partial charge >= 0.3 is 6.18 Å². The van der Waals surface area contributed by atoms with Crippen LogP contribution in [0.5, 0.6) is 0 Å². The van der Waals surface area contributed by atoms with E-state index in [2.05, 4.69) is 10.6 Å². The zero-order chi connectivity index (χ0) is 24.0. The number of likely N-dealkylation sites (N-methyl/N-ethyl adjacent to an activating group) is 1. The van der Waals surface area contributed by atoms with Crippen LogP contribution in [0.2, 0.25) is 0 Å². The van der Waals surface area contributed by atoms with Crippen molar-refractivity contribution in [3.63, 3.8) is 0 Å². The molecule has 33 heavy (non-hydrogen) atoms. The van der Waals surface area contributed by atoms with Crippen LogP contribution in [0, 0.1) is 12.7 Å². The molecule has 2 N–H and O–H groups in total. The molecule has 1 amide bonds. The van der Waals surface area contributed by atoms with Gasteiger partial charge in [0, 0.05) is 13.1 Å². The third kappa shape index (κ3) is 6.42. The van der Waals surface area contributed by atoms with Crippen LogP contribution in [0.3, 0.4) is 0 Å². The third-order valence-electron chi connectivity index (χ3n) is 5.60. The Balaban J connectivity index is 1.87. The minimum atomic E-state index is -4.38. The van der Waals surface area contributed by atoms with Gasteiger partial charge in [0.15, 0.2) is 0 Å². The first-order valence-electron chi connectivity index (χ1n) is 10.6. The van der Waals surface area contributed by atoms with Gasteiger partial charge in [-0.25, -0.2) is 4.39 Å². The molecule has 0 saturated carbocycles. The zero-order valence-electron chi connectivity index (χ0n) is 18.4. The number of amides is 1. The molecule has 0 spiro atoms. The highest BCUT2D eigenvalue weighted by Crippen LogP contribution is 2.30. The Morgan fingerprint density at radius 2 is 1.61 bits per heavy atom. The molecule has 0 bridgehead atoms. The molecule has 0 radical (unpaired) electrons. The van der Waals surface area contributed by atoms with Crippen LogP contribution in [-0.4, -0.2) is 13.0 Å². The van der Waals surface area contributed by atoms with Crippen molar-refractivity contribution in [1.82, 2.24) is 10.6 Å². The maximum Gasteiger partial charge on any atom is 0.416 e. The molecular weight excluding hydrogens is 432 g/mol. The summed E-state index contributed by atoms with van der Waals surface area (Å²) in [6.45, 7) is 1.67. The predicted octanol–water partition coefficient (Wildman–Crippen LogP) is 5.90. The number of rotatable bonds is 8. The van der Waals surface area contributed by atoms with E-state index in [1.807, 2.05) is 30.3 Å². The lowest BCUT2D eigenvalue weighted by Crippen LogP contribution is -2.38. The third-order valence-corrected chi connectivity index (χ3v) is 5.60. The summed E-state index contributed by atoms with van der Waals surface area (Å²) in [6, 6.07) is 18.1. The molecule has 2 unspecified atom stereocenters. The van der Waals surface area contributed by atoms with Gasteiger partial charge in [0.1, 0.15) is 11.9 Å². The quantitative estimate of drug-likeness (QED) is 0.413. The van der Waals surface area contributed by atoms with Crippen LogP contribution in [0.1, 0.15) is 46.3 Å². The number of carbonyl (C=O) groups excluding carboxylic acids is 1. The summed E-state index contributed by atoms with van der Waals surface area (Å²) in [5, 5.41) is 6.04. The molecule has 3 nitrogen and oxygen atoms in total. The van der Waals surface area contributed by atoms with Crippen LogP contribution < -0.4 is 10.6 Å². The topological polar surface area (TPSA) is 41.1 Å². The molecule has 3 rings (SSSR count). The summed E-state index contributed by atoms with van der Waals surface area (Å²) in [5.41, 5.74) is 2.09. The first-order chi connectivity index (χ1) is 15.7. The summed E-state index contributed by atoms with van der Waals surface area (Å²) in [6.07, 6.45) is -3.41. The van der Waals surface area contributed by atoms with Crippen molar-refractivity contribution in [2.24, 2.45) is 0 Å². The first kappa shape index (κ1) is 24.5. The summed E-state index contributed by atoms with van der Waals surface area (Å²) in [7, 11) is 1.55. The zero-order valence-corrected chi connectivity index (χ0v) is 18.4. The van der Waals surface area contributed by atoms with Crippen LogP contribution in [-0.2, 0) is 17.4 Å². The fraction of sp³-hybridized carbons (Fsp3) is 0.269. The normalized spacial score (nSPS) is 13.4. The lowest BCUT2D eigenvalue weighted by molar-refractivity contribution is -0.137. The first-order valence-corrected chi connectivity index (χ1v) is 10.6. The van der Waals surface area contributed by atoms with Crippen molar-refractivity contribution in [3.05, 3.63) is 106 Å². The van der Waals surface area contributed by atoms with E-state index in [0.717, 1.165) is 28.8 Å². The number of alkyl halides is 3. The van der Waals surface area contributed by atoms with E-state index in [1.54, 1.807) is 26.1 Å². The van der Waals surface area contributed by atoms with Gasteiger partial charge < -0.3 is 5.32 Å². The summed E-state index contributed by atoms with van der Waals surface area (Å²) < 4.78 is 52.5. The van der Waals surface area contributed by atoms with Crippen LogP contribution in [0.25, 0.3) is 0 Å². The fourth-order valence-corrected chi connectivity index (χ4v) is 3.72. The molecule has 0 aliphatic carbocycles. The highest BCUT2D eigenvalue weighted by Gasteiger charge is 2.30. The van der Waals surface area contributed by atoms with Gasteiger partial charge in [0.05, 0.1) is 5.56 Å². The number of benzene rings is 3. The maximum absolute atomic E-state index is 13.9. The van der Waals surface area contributed by atoms with E-state index in [-0.39, 0.29) is 17.8 Å². The molecule has 3 aromatic rings. The van der Waals surface area contributed by atoms with Gasteiger partial charge in [-0.3, -0.25) is 10.1 Å². The Labute approximate surface area is 190 Å². The second-order valence-corrected chi connectivity index (χ2v) is 7.92. The summed E-state index contributed by atoms with van der Waals surface area (Å²) >= 11 is 0. The minimum Gasteiger partial charge on any atom is -0.358 e. The standard InChI is InChI=1S/C26H26F4N2O/c1-17-16-20(11-14-22(17)27)23(15-10-18-8-12-21(13-9-18)26(28,29)30)32-24(25(33)31-2)19-6-4-3-5-7-19/h3-9,11-14,16,23-24,32H,10,15H2,1-2H3,(H,31,33). The molecule has 0 aliphatic heterocycles. The highest BCUT2D eigenvalue weighted by molar-refractivity contribution is 5.83. The number of nitrogens with one attached hydrogen (secondary N) is 2. The second kappa shape index (κ2) is 10.6. The van der Waals surface area contributed by atoms with Crippen LogP contribution >= 0.6 is 0 Å². The number of hydrogen-bond donors (Lipinski definition) is 2. The van der Waals surface area contributed by atoms with Crippen molar-refractivity contribution in [2.45, 2.75) is 38.0 Å². The molecule has 7 heteroatoms. The van der Waals surface area contributed by atoms with Crippen molar-refractivity contribution >= 4 is 5.91 Å². The molecule has 0 aliphatic rings. The van der Waals surface area contributed by atoms with Crippen LogP contribution in [0.15, 0.2) is 72.8 Å². The van der Waals surface area contributed by atoms with Gasteiger partial charge in [-0.15, -0.1) is 0 Å². The summed E-state index contributed by atoms with van der Waals surface area (Å²) in [5.74, 6) is -0.550. The molecule has 0 heterocycles. The number of halogens is 4. The Kier molecular flexibility index (Phi) is 7.87. The smallest absolute Gasteiger partial charge is 0.358 e. The molecule has 0 saturated heterocycles. The summed E-state index contributed by atoms with van der Waals surface area (Å²) in [4.78, 5) is 12.7. The van der Waals surface area contributed by atoms with Crippen molar-refractivity contribution in [2.75, 3.05) is 7.05 Å². The van der Waals surface area contributed by atoms with E-state index in [0.29, 0.717) is 18.4 Å². The van der Waals surface area contributed by atoms with E-state index in [4.69, 9.17) is 0 Å². The molecule has 3 aromatic carbocycles. The van der Waals surface area contributed by atoms with E-state index in [1.165, 1.54) is 18.2 Å². The SMILES string of the molecule is CNC(=O)C(NC(CCc1ccc(C(F)(F)F)cc1)c1ccc(F)c(C)c1)c1ccccc1. The second-order valence-electron chi connectivity index (χ2n) is 7.92. The van der Waals surface area contributed by atoms with E-state index >= 15 is 0 Å². The molecule has 2 atom stereocenters. The van der Waals surface area contributed by atoms with Gasteiger partial charge in [0.25, 0.3) is 0 Å². The van der Waals surface area contributed by atoms with Gasteiger partial charge in [-0.2, -0.15) is 13.2 Å². The fourth-order valence-electron chi connectivity index (χ4n) is 3.72. The Morgan fingerprint density at radius 1 is 0.939 bits per heavy atom. The van der Waals surface area contributed by atoms with Crippen molar-refractivity contribution < 1.29 is 22.4 Å². The highest BCUT2D eigenvalue weighted by atomic mass is 19.4. The molecule has 174 valence electrons. The Hall–Kier alpha value is -3.19. The van der Waals surface area contributed by atoms with Gasteiger partial charge in [0.2, 0.25) is 5.91 Å². The number of carbonyl (C=O) groups is 1. The lowest BCUT2D eigenvalue weighted by Gasteiger charge is -2.26. The minimum absolute atomic E-state index is 0.223. The van der Waals surface area contributed by atoms with Crippen molar-refractivity contribution in [3.8, 4) is 0 Å². The Morgan fingerprint density at radius 3 is 2.18 bits per heavy atom. The molecule has 0 aromatic heterocycles. The van der Waals surface area contributed by atoms with E-state index < -0.39 is 17.8 Å². The Bertz CT molecular complexity index is 1070. The monoisotopic (exact) mass is 458 g/mol. The average Bonchev–Trinajstić information content (AvgIpc) is 2.81. The largest absolute Gasteiger partial charge is 0.416 e. The lowest BCUT2D eigenvalue weighted by atomic mass is 9.95.